The van der Waals surface area contributed by atoms with Crippen LogP contribution in [0.5, 0.6) is 5.75 Å². The Morgan fingerprint density at radius 3 is 2.66 bits per heavy atom. The van der Waals surface area contributed by atoms with E-state index in [1.807, 2.05) is 38.2 Å². The zero-order valence-corrected chi connectivity index (χ0v) is 20.3. The first-order chi connectivity index (χ1) is 16.9. The number of aryl methyl sites for hydroxylation is 2. The van der Waals surface area contributed by atoms with Gasteiger partial charge in [-0.2, -0.15) is 5.10 Å². The molecule has 1 N–H and O–H groups in total. The van der Waals surface area contributed by atoms with Crippen LogP contribution in [-0.4, -0.2) is 38.0 Å². The van der Waals surface area contributed by atoms with Crippen molar-refractivity contribution in [2.75, 3.05) is 19.0 Å². The quantitative estimate of drug-likeness (QED) is 0.317. The number of benzene rings is 1. The smallest absolute Gasteiger partial charge is 0.295 e. The molecule has 0 aliphatic carbocycles. The van der Waals surface area contributed by atoms with Crippen LogP contribution >= 0.6 is 11.6 Å². The molecule has 0 saturated carbocycles. The summed E-state index contributed by atoms with van der Waals surface area (Å²) in [5.41, 5.74) is 4.32. The molecule has 184 valence electrons. The fraction of sp³-hybridized carbons (Fsp3) is 0.375. The summed E-state index contributed by atoms with van der Waals surface area (Å²) in [6.07, 6.45) is -0.992. The highest BCUT2D eigenvalue weighted by molar-refractivity contribution is 6.30. The second-order valence-corrected chi connectivity index (χ2v) is 8.85. The number of ether oxygens (including phenoxy) is 2. The van der Waals surface area contributed by atoms with Crippen LogP contribution in [0.2, 0.25) is 5.15 Å². The molecule has 8 nitrogen and oxygen atoms in total. The number of nitrogens with zero attached hydrogens (tertiary/aromatic N) is 5. The summed E-state index contributed by atoms with van der Waals surface area (Å²) in [5, 5.41) is 7.91. The van der Waals surface area contributed by atoms with Crippen LogP contribution in [0.3, 0.4) is 0 Å². The van der Waals surface area contributed by atoms with E-state index in [0.29, 0.717) is 30.2 Å². The van der Waals surface area contributed by atoms with Gasteiger partial charge in [0, 0.05) is 31.0 Å². The molecule has 1 fully saturated rings. The van der Waals surface area contributed by atoms with Gasteiger partial charge in [0.05, 0.1) is 24.2 Å². The Balaban J connectivity index is 1.57. The van der Waals surface area contributed by atoms with Crippen molar-refractivity contribution in [3.8, 4) is 17.0 Å². The molecule has 1 unspecified atom stereocenters. The van der Waals surface area contributed by atoms with Gasteiger partial charge in [0.1, 0.15) is 22.6 Å². The molecule has 4 heterocycles. The predicted octanol–water partition coefficient (Wildman–Crippen LogP) is 6.18. The molecule has 0 spiro atoms. The lowest BCUT2D eigenvalue weighted by Crippen LogP contribution is -2.20. The molecule has 3 aromatic heterocycles. The molecule has 1 aliphatic heterocycles. The van der Waals surface area contributed by atoms with E-state index in [2.05, 4.69) is 20.4 Å². The summed E-state index contributed by atoms with van der Waals surface area (Å²) in [7, 11) is 3.45. The molecule has 1 saturated heterocycles. The number of hydrogen-bond donors (Lipinski definition) is 1. The fourth-order valence-electron chi connectivity index (χ4n) is 4.31. The van der Waals surface area contributed by atoms with E-state index in [-0.39, 0.29) is 16.3 Å². The minimum absolute atomic E-state index is 0.150. The van der Waals surface area contributed by atoms with Crippen LogP contribution in [0.25, 0.3) is 22.4 Å². The van der Waals surface area contributed by atoms with Crippen molar-refractivity contribution in [3.63, 3.8) is 0 Å². The summed E-state index contributed by atoms with van der Waals surface area (Å²) in [5.74, 6) is 0.161. The Kier molecular flexibility index (Phi) is 6.33. The number of fused-ring (bicyclic) bond motifs is 1. The lowest BCUT2D eigenvalue weighted by molar-refractivity contribution is -0.0363. The van der Waals surface area contributed by atoms with Gasteiger partial charge < -0.3 is 14.8 Å². The van der Waals surface area contributed by atoms with Crippen molar-refractivity contribution in [3.05, 3.63) is 47.0 Å². The number of rotatable bonds is 6. The van der Waals surface area contributed by atoms with Crippen molar-refractivity contribution in [2.24, 2.45) is 7.05 Å². The monoisotopic (exact) mass is 502 g/mol. The molecular weight excluding hydrogens is 478 g/mol. The van der Waals surface area contributed by atoms with Crippen molar-refractivity contribution < 1.29 is 18.3 Å². The topological polar surface area (TPSA) is 79.0 Å². The van der Waals surface area contributed by atoms with E-state index < -0.39 is 18.5 Å². The van der Waals surface area contributed by atoms with Crippen LogP contribution in [0, 0.1) is 6.92 Å². The normalized spacial score (nSPS) is 16.3. The summed E-state index contributed by atoms with van der Waals surface area (Å²) >= 11 is 6.32. The molecule has 1 atom stereocenters. The van der Waals surface area contributed by atoms with Crippen molar-refractivity contribution in [1.82, 2.24) is 24.3 Å². The number of alkyl halides is 2. The Morgan fingerprint density at radius 2 is 2.00 bits per heavy atom. The number of aromatic nitrogens is 5. The van der Waals surface area contributed by atoms with Gasteiger partial charge >= 0.3 is 0 Å². The van der Waals surface area contributed by atoms with Gasteiger partial charge in [-0.05, 0) is 44.4 Å². The van der Waals surface area contributed by atoms with Gasteiger partial charge in [0.25, 0.3) is 6.43 Å². The molecular formula is C24H25ClF2N6O2. The summed E-state index contributed by atoms with van der Waals surface area (Å²) < 4.78 is 42.5. The number of imidazole rings is 1. The molecule has 0 radical (unpaired) electrons. The standard InChI is InChI=1S/C24H25ClF2N6O2/c1-13-10-16(31-32(13)2)14-7-8-15(18(11-14)34-3)28-17-12-19(25)29-23-21(17)30-24(22(26)27)33(23)20-6-4-5-9-35-20/h7-8,10-12,20,22H,4-6,9H2,1-3H3,(H,28,29). The maximum absolute atomic E-state index is 14.0. The minimum atomic E-state index is -2.79. The Labute approximate surface area is 205 Å². The molecule has 11 heteroatoms. The highest BCUT2D eigenvalue weighted by Crippen LogP contribution is 2.38. The lowest BCUT2D eigenvalue weighted by Gasteiger charge is -2.25. The third-order valence-electron chi connectivity index (χ3n) is 6.16. The molecule has 1 aromatic carbocycles. The molecule has 0 bridgehead atoms. The number of nitrogens with one attached hydrogen (secondary N) is 1. The summed E-state index contributed by atoms with van der Waals surface area (Å²) in [6.45, 7) is 2.48. The maximum Gasteiger partial charge on any atom is 0.295 e. The first-order valence-electron chi connectivity index (χ1n) is 11.3. The molecule has 1 aliphatic rings. The van der Waals surface area contributed by atoms with Gasteiger partial charge in [0.15, 0.2) is 11.5 Å². The zero-order chi connectivity index (χ0) is 24.7. The number of anilines is 2. The number of pyridine rings is 1. The van der Waals surface area contributed by atoms with Crippen LogP contribution in [0.15, 0.2) is 30.3 Å². The van der Waals surface area contributed by atoms with Gasteiger partial charge in [-0.15, -0.1) is 0 Å². The highest BCUT2D eigenvalue weighted by Gasteiger charge is 2.29. The summed E-state index contributed by atoms with van der Waals surface area (Å²) in [6, 6.07) is 9.16. The molecule has 35 heavy (non-hydrogen) atoms. The highest BCUT2D eigenvalue weighted by atomic mass is 35.5. The minimum Gasteiger partial charge on any atom is -0.495 e. The van der Waals surface area contributed by atoms with E-state index in [0.717, 1.165) is 29.8 Å². The van der Waals surface area contributed by atoms with E-state index in [1.165, 1.54) is 4.57 Å². The van der Waals surface area contributed by atoms with E-state index >= 15 is 0 Å². The summed E-state index contributed by atoms with van der Waals surface area (Å²) in [4.78, 5) is 8.59. The number of methoxy groups -OCH3 is 1. The Bertz CT molecular complexity index is 1360. The van der Waals surface area contributed by atoms with Crippen molar-refractivity contribution in [2.45, 2.75) is 38.8 Å². The number of halogens is 3. The van der Waals surface area contributed by atoms with Crippen molar-refractivity contribution in [1.29, 1.82) is 0 Å². The van der Waals surface area contributed by atoms with Crippen molar-refractivity contribution >= 4 is 34.1 Å². The van der Waals surface area contributed by atoms with Crippen LogP contribution in [-0.2, 0) is 11.8 Å². The SMILES string of the molecule is COc1cc(-c2cc(C)n(C)n2)ccc1Nc1cc(Cl)nc2c1nc(C(F)F)n2C1CCCCO1. The molecule has 5 rings (SSSR count). The van der Waals surface area contributed by atoms with Gasteiger partial charge in [-0.3, -0.25) is 9.25 Å². The lowest BCUT2D eigenvalue weighted by atomic mass is 10.1. The third-order valence-corrected chi connectivity index (χ3v) is 6.36. The second-order valence-electron chi connectivity index (χ2n) is 8.46. The second kappa shape index (κ2) is 9.43. The Morgan fingerprint density at radius 1 is 1.17 bits per heavy atom. The van der Waals surface area contributed by atoms with Gasteiger partial charge in [-0.25, -0.2) is 18.7 Å². The number of hydrogen-bond acceptors (Lipinski definition) is 6. The predicted molar refractivity (Wildman–Crippen MR) is 130 cm³/mol. The van der Waals surface area contributed by atoms with Crippen LogP contribution in [0.4, 0.5) is 20.2 Å². The van der Waals surface area contributed by atoms with E-state index in [4.69, 9.17) is 21.1 Å². The molecule has 0 amide bonds. The average molecular weight is 503 g/mol. The first kappa shape index (κ1) is 23.5. The third kappa shape index (κ3) is 4.43. The fourth-order valence-corrected chi connectivity index (χ4v) is 4.50. The Hall–Kier alpha value is -3.24. The average Bonchev–Trinajstić information content (AvgIpc) is 3.40. The molecule has 4 aromatic rings. The largest absolute Gasteiger partial charge is 0.495 e. The first-order valence-corrected chi connectivity index (χ1v) is 11.7. The van der Waals surface area contributed by atoms with E-state index in [1.54, 1.807) is 17.9 Å². The van der Waals surface area contributed by atoms with Gasteiger partial charge in [-0.1, -0.05) is 17.7 Å². The van der Waals surface area contributed by atoms with Gasteiger partial charge in [0.2, 0.25) is 0 Å². The van der Waals surface area contributed by atoms with Crippen LogP contribution in [0.1, 0.15) is 43.4 Å². The zero-order valence-electron chi connectivity index (χ0n) is 19.6. The maximum atomic E-state index is 14.0. The van der Waals surface area contributed by atoms with E-state index in [9.17, 15) is 8.78 Å². The van der Waals surface area contributed by atoms with Crippen LogP contribution < -0.4 is 10.1 Å².